The number of hydrogen-bond acceptors (Lipinski definition) is 5. The number of nitrogen functional groups attached to an aromatic ring is 1. The van der Waals surface area contributed by atoms with Crippen molar-refractivity contribution in [3.05, 3.63) is 29.8 Å². The molecular weight excluding hydrogens is 436 g/mol. The summed E-state index contributed by atoms with van der Waals surface area (Å²) in [5.41, 5.74) is 10.0. The predicted molar refractivity (Wildman–Crippen MR) is 131 cm³/mol. The van der Waals surface area contributed by atoms with Gasteiger partial charge in [-0.25, -0.2) is 0 Å². The second kappa shape index (κ2) is 11.7. The monoisotopic (exact) mass is 470 g/mol. The first kappa shape index (κ1) is 26.1. The Balaban J connectivity index is 2.06. The van der Waals surface area contributed by atoms with Crippen LogP contribution in [-0.2, 0) is 19.1 Å². The van der Waals surface area contributed by atoms with E-state index in [1.54, 1.807) is 36.1 Å². The zero-order valence-electron chi connectivity index (χ0n) is 19.9. The van der Waals surface area contributed by atoms with Gasteiger partial charge in [0.1, 0.15) is 20.0 Å². The van der Waals surface area contributed by atoms with Crippen molar-refractivity contribution in [2.45, 2.75) is 58.3 Å². The second-order valence-corrected chi connectivity index (χ2v) is 13.9. The first-order valence-electron chi connectivity index (χ1n) is 11.2. The standard InChI is InChI=1S/C24H34N4O4Si/c1-5-32-22(30)16-19(12-14-33(2,3)4)27-21(29)15-18-7-6-13-28(24(18)31)20-10-8-17(9-11-20)23(25)26/h8-11,18-19H,5-7,13,15-16H2,1-4H3,(H3,25,26)(H,27,29). The van der Waals surface area contributed by atoms with Gasteiger partial charge < -0.3 is 20.7 Å². The molecule has 1 saturated heterocycles. The lowest BCUT2D eigenvalue weighted by Crippen LogP contribution is -2.44. The molecule has 8 nitrogen and oxygen atoms in total. The molecule has 2 atom stereocenters. The molecule has 4 N–H and O–H groups in total. The Kier molecular flexibility index (Phi) is 9.23. The molecule has 2 amide bonds. The number of hydrogen-bond donors (Lipinski definition) is 3. The van der Waals surface area contributed by atoms with Crippen LogP contribution in [0.15, 0.2) is 24.3 Å². The van der Waals surface area contributed by atoms with E-state index < -0.39 is 26.0 Å². The largest absolute Gasteiger partial charge is 0.466 e. The van der Waals surface area contributed by atoms with E-state index in [0.29, 0.717) is 18.5 Å². The van der Waals surface area contributed by atoms with Gasteiger partial charge in [0.05, 0.1) is 13.0 Å². The van der Waals surface area contributed by atoms with Crippen LogP contribution >= 0.6 is 0 Å². The molecule has 1 aromatic rings. The molecule has 1 heterocycles. The molecule has 2 unspecified atom stereocenters. The van der Waals surface area contributed by atoms with E-state index in [1.165, 1.54) is 0 Å². The van der Waals surface area contributed by atoms with Crippen molar-refractivity contribution < 1.29 is 19.1 Å². The Hall–Kier alpha value is -3.12. The van der Waals surface area contributed by atoms with Crippen LogP contribution in [-0.4, -0.2) is 50.9 Å². The number of amides is 2. The Morgan fingerprint density at radius 2 is 1.97 bits per heavy atom. The molecule has 0 bridgehead atoms. The smallest absolute Gasteiger partial charge is 0.308 e. The Morgan fingerprint density at radius 3 is 2.55 bits per heavy atom. The third kappa shape index (κ3) is 8.39. The summed E-state index contributed by atoms with van der Waals surface area (Å²) in [5, 5.41) is 10.3. The third-order valence-electron chi connectivity index (χ3n) is 5.10. The average Bonchev–Trinajstić information content (AvgIpc) is 2.73. The van der Waals surface area contributed by atoms with E-state index in [1.807, 2.05) is 0 Å². The van der Waals surface area contributed by atoms with Crippen LogP contribution in [0.1, 0.15) is 38.2 Å². The molecule has 1 aliphatic rings. The second-order valence-electron chi connectivity index (χ2n) is 9.14. The van der Waals surface area contributed by atoms with Crippen molar-refractivity contribution in [3.8, 4) is 11.5 Å². The van der Waals surface area contributed by atoms with Gasteiger partial charge in [0.25, 0.3) is 0 Å². The lowest BCUT2D eigenvalue weighted by molar-refractivity contribution is -0.143. The quantitative estimate of drug-likeness (QED) is 0.177. The number of esters is 1. The Bertz CT molecular complexity index is 944. The number of nitrogens with two attached hydrogens (primary N) is 1. The lowest BCUT2D eigenvalue weighted by Gasteiger charge is -2.32. The highest BCUT2D eigenvalue weighted by Gasteiger charge is 2.32. The van der Waals surface area contributed by atoms with E-state index in [0.717, 1.165) is 12.1 Å². The van der Waals surface area contributed by atoms with E-state index in [2.05, 4.69) is 36.4 Å². The number of rotatable bonds is 8. The van der Waals surface area contributed by atoms with Crippen LogP contribution in [0.5, 0.6) is 0 Å². The van der Waals surface area contributed by atoms with Crippen molar-refractivity contribution in [1.29, 1.82) is 5.41 Å². The van der Waals surface area contributed by atoms with Crippen LogP contribution in [0, 0.1) is 22.8 Å². The number of piperidine rings is 1. The Labute approximate surface area is 196 Å². The summed E-state index contributed by atoms with van der Waals surface area (Å²) in [5.74, 6) is 1.73. The summed E-state index contributed by atoms with van der Waals surface area (Å²) in [4.78, 5) is 39.5. The number of nitrogens with one attached hydrogen (secondary N) is 2. The van der Waals surface area contributed by atoms with Crippen LogP contribution in [0.4, 0.5) is 5.69 Å². The fourth-order valence-electron chi connectivity index (χ4n) is 3.52. The number of amidine groups is 1. The first-order chi connectivity index (χ1) is 15.5. The number of anilines is 1. The summed E-state index contributed by atoms with van der Waals surface area (Å²) in [6, 6.07) is 6.30. The van der Waals surface area contributed by atoms with Gasteiger partial charge in [-0.1, -0.05) is 25.6 Å². The van der Waals surface area contributed by atoms with Crippen molar-refractivity contribution in [3.63, 3.8) is 0 Å². The molecule has 0 aliphatic carbocycles. The molecule has 0 saturated carbocycles. The highest BCUT2D eigenvalue weighted by molar-refractivity contribution is 6.83. The SMILES string of the molecule is CCOC(=O)CC(C#C[Si](C)(C)C)NC(=O)CC1CCCN(c2ccc(C(=N)N)cc2)C1=O. The highest BCUT2D eigenvalue weighted by Crippen LogP contribution is 2.26. The summed E-state index contributed by atoms with van der Waals surface area (Å²) in [7, 11) is -1.70. The topological polar surface area (TPSA) is 126 Å². The zero-order chi connectivity index (χ0) is 24.6. The van der Waals surface area contributed by atoms with Crippen molar-refractivity contribution in [1.82, 2.24) is 5.32 Å². The van der Waals surface area contributed by atoms with Crippen LogP contribution in [0.2, 0.25) is 19.6 Å². The van der Waals surface area contributed by atoms with E-state index in [-0.39, 0.29) is 37.1 Å². The van der Waals surface area contributed by atoms with Crippen LogP contribution < -0.4 is 16.0 Å². The number of carbonyl (C=O) groups is 3. The lowest BCUT2D eigenvalue weighted by atomic mass is 9.92. The summed E-state index contributed by atoms with van der Waals surface area (Å²) in [6.07, 6.45) is 1.41. The maximum Gasteiger partial charge on any atom is 0.308 e. The molecule has 0 radical (unpaired) electrons. The van der Waals surface area contributed by atoms with Gasteiger partial charge in [-0.2, -0.15) is 0 Å². The minimum absolute atomic E-state index is 0.0235. The summed E-state index contributed by atoms with van der Waals surface area (Å²) in [6.45, 7) is 8.82. The molecule has 1 fully saturated rings. The van der Waals surface area contributed by atoms with E-state index >= 15 is 0 Å². The molecule has 0 spiro atoms. The van der Waals surface area contributed by atoms with Crippen LogP contribution in [0.3, 0.4) is 0 Å². The molecule has 9 heteroatoms. The van der Waals surface area contributed by atoms with E-state index in [4.69, 9.17) is 15.9 Å². The summed E-state index contributed by atoms with van der Waals surface area (Å²) < 4.78 is 5.01. The molecule has 1 aliphatic heterocycles. The molecule has 33 heavy (non-hydrogen) atoms. The van der Waals surface area contributed by atoms with Gasteiger partial charge in [-0.3, -0.25) is 19.8 Å². The average molecular weight is 471 g/mol. The fourth-order valence-corrected chi connectivity index (χ4v) is 4.13. The number of benzene rings is 1. The van der Waals surface area contributed by atoms with Gasteiger partial charge in [0.2, 0.25) is 11.8 Å². The van der Waals surface area contributed by atoms with Crippen molar-refractivity contribution in [2.75, 3.05) is 18.1 Å². The van der Waals surface area contributed by atoms with Gasteiger partial charge in [0, 0.05) is 30.1 Å². The van der Waals surface area contributed by atoms with Crippen molar-refractivity contribution in [2.24, 2.45) is 11.7 Å². The van der Waals surface area contributed by atoms with Gasteiger partial charge in [-0.05, 0) is 44.0 Å². The molecule has 2 rings (SSSR count). The van der Waals surface area contributed by atoms with Gasteiger partial charge in [-0.15, -0.1) is 5.54 Å². The number of nitrogens with zero attached hydrogens (tertiary/aromatic N) is 1. The fraction of sp³-hybridized carbons (Fsp3) is 0.500. The van der Waals surface area contributed by atoms with Crippen LogP contribution in [0.25, 0.3) is 0 Å². The number of ether oxygens (including phenoxy) is 1. The zero-order valence-corrected chi connectivity index (χ0v) is 20.9. The minimum Gasteiger partial charge on any atom is -0.466 e. The highest BCUT2D eigenvalue weighted by atomic mass is 28.3. The van der Waals surface area contributed by atoms with Gasteiger partial charge in [0.15, 0.2) is 0 Å². The van der Waals surface area contributed by atoms with Gasteiger partial charge >= 0.3 is 5.97 Å². The minimum atomic E-state index is -1.70. The molecular formula is C24H34N4O4Si. The first-order valence-corrected chi connectivity index (χ1v) is 14.7. The predicted octanol–water partition coefficient (Wildman–Crippen LogP) is 2.42. The van der Waals surface area contributed by atoms with Crippen molar-refractivity contribution >= 4 is 37.4 Å². The maximum absolute atomic E-state index is 13.1. The molecule has 1 aromatic carbocycles. The van der Waals surface area contributed by atoms with E-state index in [9.17, 15) is 14.4 Å². The normalized spacial score (nSPS) is 16.9. The Morgan fingerprint density at radius 1 is 1.30 bits per heavy atom. The maximum atomic E-state index is 13.1. The molecule has 0 aromatic heterocycles. The summed E-state index contributed by atoms with van der Waals surface area (Å²) >= 11 is 0. The molecule has 178 valence electrons. The third-order valence-corrected chi connectivity index (χ3v) is 6.00. The number of carbonyl (C=O) groups excluding carboxylic acids is 3.